The van der Waals surface area contributed by atoms with Crippen LogP contribution in [0.15, 0.2) is 0 Å². The van der Waals surface area contributed by atoms with Gasteiger partial charge in [-0.1, -0.05) is 6.42 Å². The van der Waals surface area contributed by atoms with E-state index in [1.165, 1.54) is 54.4 Å². The molecular weight excluding hydrogens is 242 g/mol. The first kappa shape index (κ1) is 12.4. The summed E-state index contributed by atoms with van der Waals surface area (Å²) in [4.78, 5) is 8.49. The molecule has 0 radical (unpaired) electrons. The van der Waals surface area contributed by atoms with Crippen LogP contribution in [0.25, 0.3) is 0 Å². The summed E-state index contributed by atoms with van der Waals surface area (Å²) in [5.41, 5.74) is 1.21. The first-order chi connectivity index (χ1) is 8.72. The zero-order chi connectivity index (χ0) is 12.5. The van der Waals surface area contributed by atoms with Gasteiger partial charge in [0.15, 0.2) is 5.13 Å². The Morgan fingerprint density at radius 2 is 2.11 bits per heavy atom. The maximum absolute atomic E-state index is 4.72. The molecule has 18 heavy (non-hydrogen) atoms. The molecule has 1 N–H and O–H groups in total. The molecule has 0 atom stereocenters. The molecule has 0 amide bonds. The Morgan fingerprint density at radius 1 is 1.33 bits per heavy atom. The number of nitrogens with one attached hydrogen (secondary N) is 1. The number of anilines is 1. The number of aryl methyl sites for hydroxylation is 1. The lowest BCUT2D eigenvalue weighted by atomic mass is 9.85. The molecule has 3 nitrogen and oxygen atoms in total. The van der Waals surface area contributed by atoms with Gasteiger partial charge in [0.25, 0.3) is 0 Å². The zero-order valence-corrected chi connectivity index (χ0v) is 12.2. The number of aromatic nitrogens is 1. The van der Waals surface area contributed by atoms with Crippen LogP contribution in [-0.2, 0) is 6.54 Å². The van der Waals surface area contributed by atoms with Gasteiger partial charge in [-0.25, -0.2) is 4.98 Å². The van der Waals surface area contributed by atoms with Crippen LogP contribution in [0, 0.1) is 12.8 Å². The van der Waals surface area contributed by atoms with E-state index in [-0.39, 0.29) is 0 Å². The van der Waals surface area contributed by atoms with E-state index < -0.39 is 0 Å². The van der Waals surface area contributed by atoms with Crippen molar-refractivity contribution in [1.29, 1.82) is 0 Å². The largest absolute Gasteiger partial charge is 0.351 e. The number of hydrogen-bond acceptors (Lipinski definition) is 4. The third-order valence-corrected chi connectivity index (χ3v) is 5.37. The van der Waals surface area contributed by atoms with Gasteiger partial charge in [0.05, 0.1) is 5.69 Å². The Kier molecular flexibility index (Phi) is 3.57. The lowest BCUT2D eigenvalue weighted by Gasteiger charge is -2.29. The summed E-state index contributed by atoms with van der Waals surface area (Å²) < 4.78 is 0. The van der Waals surface area contributed by atoms with Crippen LogP contribution in [0.5, 0.6) is 0 Å². The number of nitrogens with zero attached hydrogens (tertiary/aromatic N) is 2. The van der Waals surface area contributed by atoms with Gasteiger partial charge in [-0.2, -0.15) is 0 Å². The monoisotopic (exact) mass is 265 g/mol. The maximum atomic E-state index is 4.72. The molecule has 0 bridgehead atoms. The zero-order valence-electron chi connectivity index (χ0n) is 11.4. The lowest BCUT2D eigenvalue weighted by molar-refractivity contribution is 0.321. The molecule has 0 aliphatic heterocycles. The molecule has 4 heteroatoms. The van der Waals surface area contributed by atoms with Gasteiger partial charge in [0, 0.05) is 31.1 Å². The highest BCUT2D eigenvalue weighted by molar-refractivity contribution is 7.15. The third-order valence-electron chi connectivity index (χ3n) is 4.09. The third kappa shape index (κ3) is 2.86. The predicted molar refractivity (Wildman–Crippen MR) is 77.3 cm³/mol. The quantitative estimate of drug-likeness (QED) is 0.857. The average molecular weight is 265 g/mol. The Labute approximate surface area is 114 Å². The Balaban J connectivity index is 1.58. The van der Waals surface area contributed by atoms with Crippen LogP contribution >= 0.6 is 11.3 Å². The Morgan fingerprint density at radius 3 is 2.72 bits per heavy atom. The normalized spacial score (nSPS) is 19.9. The SMILES string of the molecule is Cc1nc(N(C)CC2CCC2)sc1CNC1CC1. The van der Waals surface area contributed by atoms with Crippen molar-refractivity contribution in [2.75, 3.05) is 18.5 Å². The average Bonchev–Trinajstić information content (AvgIpc) is 3.05. The standard InChI is InChI=1S/C14H23N3S/c1-10-13(8-15-12-6-7-12)18-14(16-10)17(2)9-11-4-3-5-11/h11-12,15H,3-9H2,1-2H3. The van der Waals surface area contributed by atoms with E-state index in [1.807, 2.05) is 11.3 Å². The number of thiazole rings is 1. The molecule has 2 saturated carbocycles. The number of hydrogen-bond donors (Lipinski definition) is 1. The summed E-state index contributed by atoms with van der Waals surface area (Å²) in [5.74, 6) is 0.909. The minimum absolute atomic E-state index is 0.780. The summed E-state index contributed by atoms with van der Waals surface area (Å²) in [7, 11) is 2.19. The molecule has 2 fully saturated rings. The second-order valence-corrected chi connectivity index (χ2v) is 6.90. The fourth-order valence-electron chi connectivity index (χ4n) is 2.41. The minimum Gasteiger partial charge on any atom is -0.351 e. The summed E-state index contributed by atoms with van der Waals surface area (Å²) in [6, 6.07) is 0.780. The lowest BCUT2D eigenvalue weighted by Crippen LogP contribution is -2.29. The summed E-state index contributed by atoms with van der Waals surface area (Å²) in [6.07, 6.45) is 6.94. The van der Waals surface area contributed by atoms with Gasteiger partial charge in [0.2, 0.25) is 0 Å². The fraction of sp³-hybridized carbons (Fsp3) is 0.786. The molecule has 0 aromatic carbocycles. The Bertz CT molecular complexity index is 407. The first-order valence-corrected chi connectivity index (χ1v) is 7.95. The predicted octanol–water partition coefficient (Wildman–Crippen LogP) is 2.94. The van der Waals surface area contributed by atoms with E-state index in [9.17, 15) is 0 Å². The van der Waals surface area contributed by atoms with Gasteiger partial charge in [-0.05, 0) is 38.5 Å². The maximum Gasteiger partial charge on any atom is 0.185 e. The van der Waals surface area contributed by atoms with Crippen LogP contribution in [0.2, 0.25) is 0 Å². The van der Waals surface area contributed by atoms with Gasteiger partial charge < -0.3 is 10.2 Å². The van der Waals surface area contributed by atoms with E-state index in [1.54, 1.807) is 0 Å². The highest BCUT2D eigenvalue weighted by atomic mass is 32.1. The van der Waals surface area contributed by atoms with E-state index in [0.29, 0.717) is 0 Å². The van der Waals surface area contributed by atoms with Crippen LogP contribution in [0.3, 0.4) is 0 Å². The van der Waals surface area contributed by atoms with Crippen molar-refractivity contribution >= 4 is 16.5 Å². The van der Waals surface area contributed by atoms with Crippen LogP contribution in [0.1, 0.15) is 42.7 Å². The van der Waals surface area contributed by atoms with Crippen molar-refractivity contribution in [3.63, 3.8) is 0 Å². The number of rotatable bonds is 6. The molecule has 1 heterocycles. The second-order valence-electron chi connectivity index (χ2n) is 5.84. The molecule has 3 rings (SSSR count). The molecule has 2 aliphatic rings. The molecule has 0 saturated heterocycles. The minimum atomic E-state index is 0.780. The van der Waals surface area contributed by atoms with E-state index in [2.05, 4.69) is 24.2 Å². The topological polar surface area (TPSA) is 28.2 Å². The summed E-state index contributed by atoms with van der Waals surface area (Å²) in [6.45, 7) is 4.33. The molecule has 100 valence electrons. The molecule has 2 aliphatic carbocycles. The summed E-state index contributed by atoms with van der Waals surface area (Å²) >= 11 is 1.87. The van der Waals surface area contributed by atoms with Gasteiger partial charge >= 0.3 is 0 Å². The van der Waals surface area contributed by atoms with Crippen molar-refractivity contribution in [3.05, 3.63) is 10.6 Å². The molecule has 1 aromatic rings. The van der Waals surface area contributed by atoms with Gasteiger partial charge in [-0.15, -0.1) is 11.3 Å². The van der Waals surface area contributed by atoms with E-state index >= 15 is 0 Å². The van der Waals surface area contributed by atoms with Crippen LogP contribution in [0.4, 0.5) is 5.13 Å². The molecule has 0 unspecified atom stereocenters. The van der Waals surface area contributed by atoms with Crippen molar-refractivity contribution in [3.8, 4) is 0 Å². The molecule has 1 aromatic heterocycles. The van der Waals surface area contributed by atoms with E-state index in [0.717, 1.165) is 18.5 Å². The van der Waals surface area contributed by atoms with E-state index in [4.69, 9.17) is 4.98 Å². The van der Waals surface area contributed by atoms with Crippen molar-refractivity contribution in [2.45, 2.75) is 51.6 Å². The van der Waals surface area contributed by atoms with Crippen LogP contribution < -0.4 is 10.2 Å². The molecular formula is C14H23N3S. The van der Waals surface area contributed by atoms with Gasteiger partial charge in [0.1, 0.15) is 0 Å². The van der Waals surface area contributed by atoms with Crippen molar-refractivity contribution < 1.29 is 0 Å². The highest BCUT2D eigenvalue weighted by Gasteiger charge is 2.23. The Hall–Kier alpha value is -0.610. The molecule has 0 spiro atoms. The summed E-state index contributed by atoms with van der Waals surface area (Å²) in [5, 5.41) is 4.78. The van der Waals surface area contributed by atoms with Crippen molar-refractivity contribution in [1.82, 2.24) is 10.3 Å². The fourth-order valence-corrected chi connectivity index (χ4v) is 3.39. The van der Waals surface area contributed by atoms with Gasteiger partial charge in [-0.3, -0.25) is 0 Å². The smallest absolute Gasteiger partial charge is 0.185 e. The first-order valence-electron chi connectivity index (χ1n) is 7.13. The highest BCUT2D eigenvalue weighted by Crippen LogP contribution is 2.31. The van der Waals surface area contributed by atoms with Crippen molar-refractivity contribution in [2.24, 2.45) is 5.92 Å². The second kappa shape index (κ2) is 5.17. The van der Waals surface area contributed by atoms with Crippen LogP contribution in [-0.4, -0.2) is 24.6 Å².